The SMILES string of the molecule is C[C@@]1(C(=O)NCC2(N3CCCCC3)CCCCC2)CCCCO1. The normalized spacial score (nSPS) is 32.4. The summed E-state index contributed by atoms with van der Waals surface area (Å²) >= 11 is 0. The molecule has 0 aromatic heterocycles. The molecule has 4 nitrogen and oxygen atoms in total. The highest BCUT2D eigenvalue weighted by molar-refractivity contribution is 5.84. The zero-order chi connectivity index (χ0) is 16.2. The fourth-order valence-electron chi connectivity index (χ4n) is 4.73. The minimum Gasteiger partial charge on any atom is -0.365 e. The number of piperidine rings is 1. The summed E-state index contributed by atoms with van der Waals surface area (Å²) in [5.74, 6) is 0.110. The first-order valence-electron chi connectivity index (χ1n) is 9.82. The number of hydrogen-bond acceptors (Lipinski definition) is 3. The number of hydrogen-bond donors (Lipinski definition) is 1. The van der Waals surface area contributed by atoms with Gasteiger partial charge in [-0.05, 0) is 65.0 Å². The maximum atomic E-state index is 12.7. The lowest BCUT2D eigenvalue weighted by Gasteiger charge is -2.48. The van der Waals surface area contributed by atoms with E-state index in [2.05, 4.69) is 10.2 Å². The van der Waals surface area contributed by atoms with Crippen LogP contribution in [-0.2, 0) is 9.53 Å². The lowest BCUT2D eigenvalue weighted by Crippen LogP contribution is -2.60. The summed E-state index contributed by atoms with van der Waals surface area (Å²) in [6.45, 7) is 5.93. The molecule has 2 saturated heterocycles. The quantitative estimate of drug-likeness (QED) is 0.864. The minimum absolute atomic E-state index is 0.110. The third-order valence-electron chi connectivity index (χ3n) is 6.34. The molecule has 3 aliphatic rings. The molecule has 132 valence electrons. The van der Waals surface area contributed by atoms with Gasteiger partial charge in [0, 0.05) is 18.7 Å². The third-order valence-corrected chi connectivity index (χ3v) is 6.34. The largest absolute Gasteiger partial charge is 0.365 e. The Balaban J connectivity index is 1.63. The number of carbonyl (C=O) groups is 1. The van der Waals surface area contributed by atoms with Crippen molar-refractivity contribution in [1.29, 1.82) is 0 Å². The summed E-state index contributed by atoms with van der Waals surface area (Å²) < 4.78 is 5.82. The van der Waals surface area contributed by atoms with Crippen molar-refractivity contribution in [1.82, 2.24) is 10.2 Å². The van der Waals surface area contributed by atoms with Gasteiger partial charge in [0.1, 0.15) is 5.60 Å². The predicted octanol–water partition coefficient (Wildman–Crippen LogP) is 3.25. The number of amides is 1. The summed E-state index contributed by atoms with van der Waals surface area (Å²) in [4.78, 5) is 15.4. The van der Waals surface area contributed by atoms with Crippen LogP contribution in [0.1, 0.15) is 77.6 Å². The average Bonchev–Trinajstić information content (AvgIpc) is 2.62. The van der Waals surface area contributed by atoms with E-state index >= 15 is 0 Å². The monoisotopic (exact) mass is 322 g/mol. The highest BCUT2D eigenvalue weighted by Gasteiger charge is 2.41. The topological polar surface area (TPSA) is 41.6 Å². The van der Waals surface area contributed by atoms with E-state index < -0.39 is 5.60 Å². The molecular formula is C19H34N2O2. The Hall–Kier alpha value is -0.610. The maximum absolute atomic E-state index is 12.7. The van der Waals surface area contributed by atoms with Crippen LogP contribution in [0.3, 0.4) is 0 Å². The van der Waals surface area contributed by atoms with Gasteiger partial charge in [-0.1, -0.05) is 25.7 Å². The number of nitrogens with one attached hydrogen (secondary N) is 1. The molecule has 1 amide bonds. The average molecular weight is 322 g/mol. The molecule has 23 heavy (non-hydrogen) atoms. The number of likely N-dealkylation sites (tertiary alicyclic amines) is 1. The van der Waals surface area contributed by atoms with Crippen LogP contribution in [0.5, 0.6) is 0 Å². The molecule has 0 aromatic carbocycles. The van der Waals surface area contributed by atoms with E-state index in [9.17, 15) is 4.79 Å². The van der Waals surface area contributed by atoms with Crippen molar-refractivity contribution in [2.24, 2.45) is 0 Å². The number of rotatable bonds is 4. The highest BCUT2D eigenvalue weighted by atomic mass is 16.5. The van der Waals surface area contributed by atoms with Crippen molar-refractivity contribution >= 4 is 5.91 Å². The molecule has 3 fully saturated rings. The van der Waals surface area contributed by atoms with E-state index in [4.69, 9.17) is 4.74 Å². The lowest BCUT2D eigenvalue weighted by molar-refractivity contribution is -0.151. The molecule has 0 spiro atoms. The van der Waals surface area contributed by atoms with Crippen molar-refractivity contribution in [3.8, 4) is 0 Å². The summed E-state index contributed by atoms with van der Waals surface area (Å²) in [6.07, 6.45) is 13.5. The number of carbonyl (C=O) groups excluding carboxylic acids is 1. The Morgan fingerprint density at radius 2 is 1.61 bits per heavy atom. The van der Waals surface area contributed by atoms with E-state index in [1.165, 1.54) is 64.5 Å². The van der Waals surface area contributed by atoms with Gasteiger partial charge in [-0.2, -0.15) is 0 Å². The van der Waals surface area contributed by atoms with E-state index in [0.29, 0.717) is 0 Å². The van der Waals surface area contributed by atoms with Gasteiger partial charge in [-0.15, -0.1) is 0 Å². The van der Waals surface area contributed by atoms with Crippen molar-refractivity contribution in [2.45, 2.75) is 88.7 Å². The van der Waals surface area contributed by atoms with Gasteiger partial charge in [0.05, 0.1) is 0 Å². The van der Waals surface area contributed by atoms with Crippen molar-refractivity contribution in [3.05, 3.63) is 0 Å². The van der Waals surface area contributed by atoms with Gasteiger partial charge in [0.25, 0.3) is 5.91 Å². The Kier molecular flexibility index (Phi) is 5.63. The third kappa shape index (κ3) is 3.90. The zero-order valence-corrected chi connectivity index (χ0v) is 14.9. The first-order chi connectivity index (χ1) is 11.1. The van der Waals surface area contributed by atoms with Gasteiger partial charge in [-0.25, -0.2) is 0 Å². The van der Waals surface area contributed by atoms with E-state index in [-0.39, 0.29) is 11.4 Å². The molecule has 1 N–H and O–H groups in total. The first kappa shape index (κ1) is 17.2. The van der Waals surface area contributed by atoms with Crippen LogP contribution < -0.4 is 5.32 Å². The zero-order valence-electron chi connectivity index (χ0n) is 14.9. The Labute approximate surface area is 141 Å². The smallest absolute Gasteiger partial charge is 0.252 e. The predicted molar refractivity (Wildman–Crippen MR) is 92.5 cm³/mol. The molecule has 3 rings (SSSR count). The van der Waals surface area contributed by atoms with Crippen LogP contribution >= 0.6 is 0 Å². The molecular weight excluding hydrogens is 288 g/mol. The summed E-state index contributed by atoms with van der Waals surface area (Å²) in [5, 5.41) is 3.30. The van der Waals surface area contributed by atoms with Crippen LogP contribution in [-0.4, -0.2) is 48.2 Å². The molecule has 0 aromatic rings. The van der Waals surface area contributed by atoms with E-state index in [0.717, 1.165) is 32.4 Å². The standard InChI is InChI=1S/C19H34N2O2/c1-18(10-6-9-15-23-18)17(22)20-16-19(11-4-2-5-12-19)21-13-7-3-8-14-21/h2-16H2,1H3,(H,20,22)/t18-/m0/s1. The molecule has 0 radical (unpaired) electrons. The summed E-state index contributed by atoms with van der Waals surface area (Å²) in [7, 11) is 0. The molecule has 4 heteroatoms. The molecule has 2 heterocycles. The second kappa shape index (κ2) is 7.52. The second-order valence-corrected chi connectivity index (χ2v) is 8.05. The van der Waals surface area contributed by atoms with Gasteiger partial charge < -0.3 is 10.1 Å². The summed E-state index contributed by atoms with van der Waals surface area (Å²) in [5.41, 5.74) is -0.393. The molecule has 2 aliphatic heterocycles. The fourth-order valence-corrected chi connectivity index (χ4v) is 4.73. The number of nitrogens with zero attached hydrogens (tertiary/aromatic N) is 1. The fraction of sp³-hybridized carbons (Fsp3) is 0.947. The van der Waals surface area contributed by atoms with Crippen molar-refractivity contribution in [3.63, 3.8) is 0 Å². The molecule has 0 unspecified atom stereocenters. The second-order valence-electron chi connectivity index (χ2n) is 8.05. The van der Waals surface area contributed by atoms with Crippen LogP contribution in [0.15, 0.2) is 0 Å². The van der Waals surface area contributed by atoms with Gasteiger partial charge >= 0.3 is 0 Å². The Bertz CT molecular complexity index is 392. The van der Waals surface area contributed by atoms with E-state index in [1.807, 2.05) is 6.92 Å². The lowest BCUT2D eigenvalue weighted by atomic mass is 9.79. The van der Waals surface area contributed by atoms with E-state index in [1.54, 1.807) is 0 Å². The van der Waals surface area contributed by atoms with Crippen molar-refractivity contribution in [2.75, 3.05) is 26.2 Å². The van der Waals surface area contributed by atoms with Crippen LogP contribution in [0.4, 0.5) is 0 Å². The Morgan fingerprint density at radius 3 is 2.26 bits per heavy atom. The minimum atomic E-state index is -0.601. The van der Waals surface area contributed by atoms with Gasteiger partial charge in [-0.3, -0.25) is 9.69 Å². The van der Waals surface area contributed by atoms with Crippen molar-refractivity contribution < 1.29 is 9.53 Å². The summed E-state index contributed by atoms with van der Waals surface area (Å²) in [6, 6.07) is 0. The van der Waals surface area contributed by atoms with Crippen LogP contribution in [0.25, 0.3) is 0 Å². The van der Waals surface area contributed by atoms with Crippen LogP contribution in [0.2, 0.25) is 0 Å². The van der Waals surface area contributed by atoms with Crippen LogP contribution in [0, 0.1) is 0 Å². The number of ether oxygens (including phenoxy) is 1. The van der Waals surface area contributed by atoms with Gasteiger partial charge in [0.15, 0.2) is 0 Å². The molecule has 0 bridgehead atoms. The first-order valence-corrected chi connectivity index (χ1v) is 9.82. The highest BCUT2D eigenvalue weighted by Crippen LogP contribution is 2.35. The molecule has 1 aliphatic carbocycles. The molecule has 1 saturated carbocycles. The maximum Gasteiger partial charge on any atom is 0.252 e. The van der Waals surface area contributed by atoms with Gasteiger partial charge in [0.2, 0.25) is 0 Å². The molecule has 1 atom stereocenters. The Morgan fingerprint density at radius 1 is 0.957 bits per heavy atom.